The van der Waals surface area contributed by atoms with E-state index in [-0.39, 0.29) is 0 Å². The van der Waals surface area contributed by atoms with Gasteiger partial charge in [-0.25, -0.2) is 13.4 Å². The van der Waals surface area contributed by atoms with Crippen molar-refractivity contribution in [1.82, 2.24) is 19.9 Å². The van der Waals surface area contributed by atoms with Crippen molar-refractivity contribution in [3.05, 3.63) is 71.4 Å². The highest BCUT2D eigenvalue weighted by molar-refractivity contribution is 7.95. The van der Waals surface area contributed by atoms with Crippen LogP contribution >= 0.6 is 0 Å². The van der Waals surface area contributed by atoms with E-state index in [1.54, 1.807) is 12.1 Å². The van der Waals surface area contributed by atoms with E-state index in [0.717, 1.165) is 53.2 Å². The van der Waals surface area contributed by atoms with Gasteiger partial charge in [0, 0.05) is 35.8 Å². The number of hydrogen-bond donors (Lipinski definition) is 3. The minimum absolute atomic E-state index is 0.305. The van der Waals surface area contributed by atoms with Crippen LogP contribution in [0.15, 0.2) is 54.6 Å². The zero-order valence-corrected chi connectivity index (χ0v) is 19.1. The van der Waals surface area contributed by atoms with Crippen molar-refractivity contribution in [2.75, 3.05) is 23.1 Å². The summed E-state index contributed by atoms with van der Waals surface area (Å²) in [7, 11) is -3.55. The van der Waals surface area contributed by atoms with E-state index in [9.17, 15) is 8.42 Å². The van der Waals surface area contributed by atoms with Gasteiger partial charge in [-0.15, -0.1) is 0 Å². The number of nitrogens with one attached hydrogen (secondary N) is 3. The van der Waals surface area contributed by atoms with Crippen molar-refractivity contribution in [2.45, 2.75) is 32.7 Å². The fourth-order valence-electron chi connectivity index (χ4n) is 3.68. The zero-order chi connectivity index (χ0) is 22.7. The zero-order valence-electron chi connectivity index (χ0n) is 18.3. The third kappa shape index (κ3) is 4.84. The van der Waals surface area contributed by atoms with E-state index in [0.29, 0.717) is 18.2 Å². The molecule has 3 aromatic rings. The van der Waals surface area contributed by atoms with Crippen molar-refractivity contribution in [3.63, 3.8) is 0 Å². The largest absolute Gasteiger partial charge is 0.366 e. The fraction of sp³-hybridized carbons (Fsp3) is 0.304. The minimum Gasteiger partial charge on any atom is -0.366 e. The molecule has 0 radical (unpaired) electrons. The van der Waals surface area contributed by atoms with E-state index in [2.05, 4.69) is 47.0 Å². The summed E-state index contributed by atoms with van der Waals surface area (Å²) in [5, 5.41) is 12.3. The molecule has 0 amide bonds. The van der Waals surface area contributed by atoms with Crippen LogP contribution in [0.2, 0.25) is 0 Å². The van der Waals surface area contributed by atoms with Gasteiger partial charge in [0.15, 0.2) is 5.65 Å². The van der Waals surface area contributed by atoms with Crippen LogP contribution < -0.4 is 15.4 Å². The molecule has 0 unspecified atom stereocenters. The predicted molar refractivity (Wildman–Crippen MR) is 129 cm³/mol. The molecule has 168 valence electrons. The molecule has 3 N–H and O–H groups in total. The fourth-order valence-corrected chi connectivity index (χ4v) is 4.21. The molecule has 0 atom stereocenters. The lowest BCUT2D eigenvalue weighted by atomic mass is 10.0. The molecule has 0 fully saturated rings. The van der Waals surface area contributed by atoms with Gasteiger partial charge in [-0.05, 0) is 42.2 Å². The summed E-state index contributed by atoms with van der Waals surface area (Å²) in [5.74, 6) is 1.15. The third-order valence-electron chi connectivity index (χ3n) is 5.39. The number of benzene rings is 1. The second-order valence-electron chi connectivity index (χ2n) is 8.07. The monoisotopic (exact) mass is 452 g/mol. The van der Waals surface area contributed by atoms with Gasteiger partial charge < -0.3 is 10.6 Å². The molecule has 1 aliphatic rings. The van der Waals surface area contributed by atoms with Gasteiger partial charge in [-0.2, -0.15) is 9.61 Å². The van der Waals surface area contributed by atoms with E-state index in [4.69, 9.17) is 4.98 Å². The van der Waals surface area contributed by atoms with Gasteiger partial charge in [0.1, 0.15) is 5.82 Å². The van der Waals surface area contributed by atoms with Gasteiger partial charge in [0.25, 0.3) is 10.0 Å². The lowest BCUT2D eigenvalue weighted by Gasteiger charge is -2.16. The van der Waals surface area contributed by atoms with Crippen LogP contribution in [-0.4, -0.2) is 36.1 Å². The Labute approximate surface area is 188 Å². The van der Waals surface area contributed by atoms with Crippen LogP contribution in [0, 0.1) is 0 Å². The SMILES string of the molecule is C=CS(=O)(=O)Nc1cccc(CNc2cc(C3=CCNCC3)nc3c(C(C)C)cnn23)c1. The second kappa shape index (κ2) is 9.13. The molecule has 2 aromatic heterocycles. The second-order valence-corrected chi connectivity index (χ2v) is 9.70. The summed E-state index contributed by atoms with van der Waals surface area (Å²) < 4.78 is 27.9. The maximum Gasteiger partial charge on any atom is 0.254 e. The molecular weight excluding hydrogens is 424 g/mol. The lowest BCUT2D eigenvalue weighted by Crippen LogP contribution is -2.20. The molecule has 8 nitrogen and oxygen atoms in total. The molecule has 1 aliphatic heterocycles. The maximum absolute atomic E-state index is 11.8. The van der Waals surface area contributed by atoms with Crippen LogP contribution in [0.3, 0.4) is 0 Å². The lowest BCUT2D eigenvalue weighted by molar-refractivity contribution is 0.609. The Balaban J connectivity index is 1.65. The van der Waals surface area contributed by atoms with Gasteiger partial charge in [0.2, 0.25) is 0 Å². The Morgan fingerprint density at radius 2 is 2.16 bits per heavy atom. The van der Waals surface area contributed by atoms with Crippen molar-refractivity contribution in [3.8, 4) is 0 Å². The smallest absolute Gasteiger partial charge is 0.254 e. The molecule has 3 heterocycles. The van der Waals surface area contributed by atoms with Gasteiger partial charge in [-0.3, -0.25) is 4.72 Å². The Hall–Kier alpha value is -3.17. The van der Waals surface area contributed by atoms with Gasteiger partial charge in [-0.1, -0.05) is 38.6 Å². The Morgan fingerprint density at radius 1 is 1.31 bits per heavy atom. The number of anilines is 2. The van der Waals surface area contributed by atoms with E-state index >= 15 is 0 Å². The standard InChI is InChI=1S/C23H28N6O2S/c1-4-32(30,31)28-19-7-5-6-17(12-19)14-25-22-13-21(18-8-10-24-11-9-18)27-23-20(16(2)3)15-26-29(22)23/h4-8,12-13,15-16,24-25,28H,1,9-11,14H2,2-3H3. The summed E-state index contributed by atoms with van der Waals surface area (Å²) in [6.07, 6.45) is 5.00. The summed E-state index contributed by atoms with van der Waals surface area (Å²) in [5.41, 5.74) is 5.56. The molecule has 4 rings (SSSR count). The highest BCUT2D eigenvalue weighted by Crippen LogP contribution is 2.27. The molecule has 0 spiro atoms. The molecule has 0 saturated heterocycles. The number of fused-ring (bicyclic) bond motifs is 1. The highest BCUT2D eigenvalue weighted by atomic mass is 32.2. The average Bonchev–Trinajstić information content (AvgIpc) is 3.22. The van der Waals surface area contributed by atoms with Crippen LogP contribution in [0.4, 0.5) is 11.5 Å². The Kier molecular flexibility index (Phi) is 6.29. The third-order valence-corrected chi connectivity index (χ3v) is 6.35. The van der Waals surface area contributed by atoms with Crippen LogP contribution in [0.1, 0.15) is 43.0 Å². The summed E-state index contributed by atoms with van der Waals surface area (Å²) >= 11 is 0. The molecule has 0 bridgehead atoms. The summed E-state index contributed by atoms with van der Waals surface area (Å²) in [6.45, 7) is 9.88. The first-order valence-corrected chi connectivity index (χ1v) is 12.2. The topological polar surface area (TPSA) is 100 Å². The predicted octanol–water partition coefficient (Wildman–Crippen LogP) is 3.73. The number of nitrogens with zero attached hydrogens (tertiary/aromatic N) is 3. The number of hydrogen-bond acceptors (Lipinski definition) is 6. The van der Waals surface area contributed by atoms with E-state index in [1.165, 1.54) is 5.57 Å². The number of aromatic nitrogens is 3. The maximum atomic E-state index is 11.8. The molecule has 1 aromatic carbocycles. The number of sulfonamides is 1. The van der Waals surface area contributed by atoms with Crippen molar-refractivity contribution < 1.29 is 8.42 Å². The molecule has 0 aliphatic carbocycles. The number of rotatable bonds is 8. The molecule has 0 saturated carbocycles. The first kappa shape index (κ1) is 22.0. The first-order chi connectivity index (χ1) is 15.4. The quantitative estimate of drug-likeness (QED) is 0.482. The molecular formula is C23H28N6O2S. The summed E-state index contributed by atoms with van der Waals surface area (Å²) in [4.78, 5) is 4.94. The highest BCUT2D eigenvalue weighted by Gasteiger charge is 2.16. The van der Waals surface area contributed by atoms with Gasteiger partial charge in [0.05, 0.1) is 11.9 Å². The van der Waals surface area contributed by atoms with E-state index < -0.39 is 10.0 Å². The van der Waals surface area contributed by atoms with Gasteiger partial charge >= 0.3 is 0 Å². The van der Waals surface area contributed by atoms with Crippen LogP contribution in [0.25, 0.3) is 11.2 Å². The Bertz CT molecular complexity index is 1280. The van der Waals surface area contributed by atoms with Crippen molar-refractivity contribution >= 4 is 32.7 Å². The van der Waals surface area contributed by atoms with Crippen molar-refractivity contribution in [1.29, 1.82) is 0 Å². The first-order valence-electron chi connectivity index (χ1n) is 10.6. The molecule has 32 heavy (non-hydrogen) atoms. The van der Waals surface area contributed by atoms with Crippen LogP contribution in [0.5, 0.6) is 0 Å². The molecule has 9 heteroatoms. The van der Waals surface area contributed by atoms with Crippen LogP contribution in [-0.2, 0) is 16.6 Å². The average molecular weight is 453 g/mol. The Morgan fingerprint density at radius 3 is 2.88 bits per heavy atom. The van der Waals surface area contributed by atoms with E-state index in [1.807, 2.05) is 28.9 Å². The van der Waals surface area contributed by atoms with Crippen molar-refractivity contribution in [2.24, 2.45) is 0 Å². The summed E-state index contributed by atoms with van der Waals surface area (Å²) in [6, 6.07) is 9.29. The normalized spacial score (nSPS) is 14.4. The minimum atomic E-state index is -3.55.